The van der Waals surface area contributed by atoms with Gasteiger partial charge in [0.05, 0.1) is 5.52 Å². The molecule has 3 rings (SSSR count). The van der Waals surface area contributed by atoms with Crippen LogP contribution >= 0.6 is 0 Å². The number of benzene rings is 1. The lowest BCUT2D eigenvalue weighted by molar-refractivity contribution is -0.138. The summed E-state index contributed by atoms with van der Waals surface area (Å²) in [6.07, 6.45) is -0.320. The fraction of sp³-hybridized carbons (Fsp3) is 0.565. The van der Waals surface area contributed by atoms with Crippen LogP contribution in [0.1, 0.15) is 47.2 Å². The summed E-state index contributed by atoms with van der Waals surface area (Å²) in [5, 5.41) is 4.44. The molecule has 0 spiro atoms. The SMILES string of the molecule is CC(C)(C)OC=O.Cc1cc2cc(N3CCNCC3)ccc2n1C(=O)OC(C)(C)C. The van der Waals surface area contributed by atoms with E-state index in [0.717, 1.165) is 42.8 Å². The predicted molar refractivity (Wildman–Crippen MR) is 120 cm³/mol. The highest BCUT2D eigenvalue weighted by molar-refractivity contribution is 5.92. The van der Waals surface area contributed by atoms with Gasteiger partial charge in [0.1, 0.15) is 11.2 Å². The standard InChI is InChI=1S/C18H25N3O2.C5H10O2/c1-13-11-14-12-15(20-9-7-19-8-10-20)5-6-16(14)21(13)17(22)23-18(2,3)4;1-5(2,3)7-4-6/h5-6,11-12,19H,7-10H2,1-4H3;4H,1-3H3. The van der Waals surface area contributed by atoms with Crippen LogP contribution in [0.15, 0.2) is 24.3 Å². The average molecular weight is 418 g/mol. The lowest BCUT2D eigenvalue weighted by Crippen LogP contribution is -2.43. The number of nitrogens with one attached hydrogen (secondary N) is 1. The molecule has 1 N–H and O–H groups in total. The number of piperazine rings is 1. The first-order valence-electron chi connectivity index (χ1n) is 10.3. The van der Waals surface area contributed by atoms with Crippen molar-refractivity contribution in [2.45, 2.75) is 59.7 Å². The molecule has 1 aliphatic rings. The third-order valence-corrected chi connectivity index (χ3v) is 4.43. The van der Waals surface area contributed by atoms with E-state index >= 15 is 0 Å². The van der Waals surface area contributed by atoms with Gasteiger partial charge in [0.25, 0.3) is 6.47 Å². The van der Waals surface area contributed by atoms with Crippen molar-refractivity contribution in [1.29, 1.82) is 0 Å². The topological polar surface area (TPSA) is 72.8 Å². The third kappa shape index (κ3) is 6.76. The molecule has 0 unspecified atom stereocenters. The zero-order valence-electron chi connectivity index (χ0n) is 19.2. The minimum absolute atomic E-state index is 0.318. The minimum Gasteiger partial charge on any atom is -0.462 e. The van der Waals surface area contributed by atoms with Crippen LogP contribution in [-0.4, -0.2) is 54.5 Å². The van der Waals surface area contributed by atoms with Crippen molar-refractivity contribution in [3.05, 3.63) is 30.0 Å². The van der Waals surface area contributed by atoms with Gasteiger partial charge in [0.15, 0.2) is 0 Å². The summed E-state index contributed by atoms with van der Waals surface area (Å²) in [7, 11) is 0. The molecule has 1 aromatic heterocycles. The Morgan fingerprint density at radius 3 is 2.17 bits per heavy atom. The van der Waals surface area contributed by atoms with Gasteiger partial charge in [-0.1, -0.05) is 0 Å². The molecular weight excluding hydrogens is 382 g/mol. The minimum atomic E-state index is -0.499. The smallest absolute Gasteiger partial charge is 0.419 e. The number of nitrogens with zero attached hydrogens (tertiary/aromatic N) is 2. The van der Waals surface area contributed by atoms with Crippen molar-refractivity contribution in [3.8, 4) is 0 Å². The van der Waals surface area contributed by atoms with Crippen molar-refractivity contribution >= 4 is 29.2 Å². The van der Waals surface area contributed by atoms with Gasteiger partial charge < -0.3 is 19.7 Å². The van der Waals surface area contributed by atoms with Crippen LogP contribution in [0.3, 0.4) is 0 Å². The maximum Gasteiger partial charge on any atom is 0.419 e. The van der Waals surface area contributed by atoms with Crippen LogP contribution in [-0.2, 0) is 14.3 Å². The first-order valence-corrected chi connectivity index (χ1v) is 10.3. The van der Waals surface area contributed by atoms with Crippen molar-refractivity contribution in [2.24, 2.45) is 0 Å². The first kappa shape index (κ1) is 23.7. The van der Waals surface area contributed by atoms with Gasteiger partial charge in [-0.15, -0.1) is 0 Å². The highest BCUT2D eigenvalue weighted by atomic mass is 16.6. The van der Waals surface area contributed by atoms with E-state index in [1.165, 1.54) is 5.69 Å². The summed E-state index contributed by atoms with van der Waals surface area (Å²) in [5.74, 6) is 0. The van der Waals surface area contributed by atoms with Crippen LogP contribution in [0.5, 0.6) is 0 Å². The van der Waals surface area contributed by atoms with Crippen molar-refractivity contribution < 1.29 is 19.1 Å². The summed E-state index contributed by atoms with van der Waals surface area (Å²) in [6.45, 7) is 17.6. The quantitative estimate of drug-likeness (QED) is 0.742. The third-order valence-electron chi connectivity index (χ3n) is 4.43. The second-order valence-electron chi connectivity index (χ2n) is 9.41. The largest absolute Gasteiger partial charge is 0.462 e. The summed E-state index contributed by atoms with van der Waals surface area (Å²) in [4.78, 5) is 24.4. The van der Waals surface area contributed by atoms with E-state index in [4.69, 9.17) is 4.74 Å². The Labute approximate surface area is 179 Å². The Bertz CT molecular complexity index is 869. The van der Waals surface area contributed by atoms with Crippen LogP contribution in [0.2, 0.25) is 0 Å². The number of hydrogen-bond donors (Lipinski definition) is 1. The predicted octanol–water partition coefficient (Wildman–Crippen LogP) is 4.10. The second kappa shape index (κ2) is 9.51. The highest BCUT2D eigenvalue weighted by Crippen LogP contribution is 2.26. The average Bonchev–Trinajstić information content (AvgIpc) is 2.95. The molecule has 0 aliphatic carbocycles. The number of aryl methyl sites for hydroxylation is 1. The lowest BCUT2D eigenvalue weighted by atomic mass is 10.2. The molecule has 0 atom stereocenters. The normalized spacial score (nSPS) is 14.7. The Balaban J connectivity index is 0.000000396. The number of carbonyl (C=O) groups is 2. The number of ether oxygens (including phenoxy) is 2. The lowest BCUT2D eigenvalue weighted by Gasteiger charge is -2.29. The van der Waals surface area contributed by atoms with Gasteiger partial charge in [0, 0.05) is 42.9 Å². The van der Waals surface area contributed by atoms with E-state index in [2.05, 4.69) is 27.1 Å². The van der Waals surface area contributed by atoms with Gasteiger partial charge in [-0.25, -0.2) is 9.36 Å². The van der Waals surface area contributed by atoms with Gasteiger partial charge >= 0.3 is 6.09 Å². The Kier molecular flexibility index (Phi) is 7.53. The fourth-order valence-electron chi connectivity index (χ4n) is 3.15. The monoisotopic (exact) mass is 417 g/mol. The van der Waals surface area contributed by atoms with Crippen molar-refractivity contribution in [1.82, 2.24) is 9.88 Å². The van der Waals surface area contributed by atoms with Crippen LogP contribution in [0, 0.1) is 6.92 Å². The van der Waals surface area contributed by atoms with Crippen LogP contribution in [0.4, 0.5) is 10.5 Å². The molecule has 1 aliphatic heterocycles. The summed E-state index contributed by atoms with van der Waals surface area (Å²) in [5.41, 5.74) is 2.19. The van der Waals surface area contributed by atoms with Gasteiger partial charge in [-0.3, -0.25) is 4.79 Å². The Morgan fingerprint density at radius 2 is 1.67 bits per heavy atom. The van der Waals surface area contributed by atoms with Crippen LogP contribution < -0.4 is 10.2 Å². The molecule has 0 radical (unpaired) electrons. The highest BCUT2D eigenvalue weighted by Gasteiger charge is 2.21. The number of carbonyl (C=O) groups excluding carboxylic acids is 2. The molecule has 0 saturated carbocycles. The molecule has 7 heteroatoms. The zero-order valence-corrected chi connectivity index (χ0v) is 19.2. The maximum absolute atomic E-state index is 12.5. The van der Waals surface area contributed by atoms with Gasteiger partial charge in [-0.2, -0.15) is 0 Å². The Morgan fingerprint density at radius 1 is 1.03 bits per heavy atom. The van der Waals surface area contributed by atoms with E-state index in [1.54, 1.807) is 4.57 Å². The Hall–Kier alpha value is -2.54. The molecule has 7 nitrogen and oxygen atoms in total. The van der Waals surface area contributed by atoms with Crippen molar-refractivity contribution in [3.63, 3.8) is 0 Å². The molecule has 2 aromatic rings. The van der Waals surface area contributed by atoms with Crippen LogP contribution in [0.25, 0.3) is 10.9 Å². The van der Waals surface area contributed by atoms with E-state index in [0.29, 0.717) is 6.47 Å². The van der Waals surface area contributed by atoms with E-state index in [9.17, 15) is 9.59 Å². The maximum atomic E-state index is 12.5. The summed E-state index contributed by atoms with van der Waals surface area (Å²) >= 11 is 0. The summed E-state index contributed by atoms with van der Waals surface area (Å²) in [6, 6.07) is 8.32. The number of aromatic nitrogens is 1. The molecule has 0 amide bonds. The van der Waals surface area contributed by atoms with Gasteiger partial charge in [-0.05, 0) is 72.7 Å². The zero-order chi connectivity index (χ0) is 22.5. The number of hydrogen-bond acceptors (Lipinski definition) is 6. The molecule has 1 aromatic carbocycles. The molecule has 1 saturated heterocycles. The molecule has 0 bridgehead atoms. The number of fused-ring (bicyclic) bond motifs is 1. The molecule has 2 heterocycles. The molecule has 166 valence electrons. The van der Waals surface area contributed by atoms with E-state index in [1.807, 2.05) is 60.6 Å². The fourth-order valence-corrected chi connectivity index (χ4v) is 3.15. The number of anilines is 1. The first-order chi connectivity index (χ1) is 13.9. The van der Waals surface area contributed by atoms with E-state index in [-0.39, 0.29) is 11.7 Å². The van der Waals surface area contributed by atoms with E-state index < -0.39 is 5.60 Å². The molecule has 30 heavy (non-hydrogen) atoms. The molecular formula is C23H35N3O4. The second-order valence-corrected chi connectivity index (χ2v) is 9.41. The van der Waals surface area contributed by atoms with Gasteiger partial charge in [0.2, 0.25) is 0 Å². The number of rotatable bonds is 2. The molecule has 1 fully saturated rings. The van der Waals surface area contributed by atoms with Crippen molar-refractivity contribution in [2.75, 3.05) is 31.1 Å². The summed E-state index contributed by atoms with van der Waals surface area (Å²) < 4.78 is 11.7.